The minimum atomic E-state index is 0. The van der Waals surface area contributed by atoms with Gasteiger partial charge in [-0.1, -0.05) is 147 Å². The van der Waals surface area contributed by atoms with Crippen molar-refractivity contribution in [3.63, 3.8) is 0 Å². The molecular formula is C39H52AgN2-2. The Labute approximate surface area is 271 Å². The number of para-hydroxylation sites is 3. The van der Waals surface area contributed by atoms with Crippen LogP contribution in [0.15, 0.2) is 66.7 Å². The zero-order chi connectivity index (χ0) is 29.5. The summed E-state index contributed by atoms with van der Waals surface area (Å²) >= 11 is 0. The number of rotatable bonds is 4. The SMILES string of the molecule is CC1CCC(C(C)C)C2([CH-]N(c3c(C(C)C)cccc3C(C)C)C(C)(C)C2)C1.[Ag].c1ccc2c(c1)[n-]c1ccccc12. The van der Waals surface area contributed by atoms with Crippen molar-refractivity contribution in [1.29, 1.82) is 0 Å². The molecule has 1 aliphatic carbocycles. The Balaban J connectivity index is 0.000000239. The second-order valence-corrected chi connectivity index (χ2v) is 14.7. The van der Waals surface area contributed by atoms with Gasteiger partial charge in [0.15, 0.2) is 0 Å². The van der Waals surface area contributed by atoms with Crippen molar-refractivity contribution in [3.8, 4) is 0 Å². The minimum Gasteiger partial charge on any atom is -0.657 e. The molecule has 4 aromatic rings. The van der Waals surface area contributed by atoms with E-state index in [1.54, 1.807) is 0 Å². The van der Waals surface area contributed by atoms with Crippen LogP contribution in [0.1, 0.15) is 111 Å². The molecule has 1 aliphatic heterocycles. The Morgan fingerprint density at radius 1 is 0.762 bits per heavy atom. The van der Waals surface area contributed by atoms with Crippen molar-refractivity contribution in [2.24, 2.45) is 23.2 Å². The van der Waals surface area contributed by atoms with Gasteiger partial charge in [0.25, 0.3) is 0 Å². The summed E-state index contributed by atoms with van der Waals surface area (Å²) < 4.78 is 0. The summed E-state index contributed by atoms with van der Waals surface area (Å²) in [4.78, 5) is 7.24. The van der Waals surface area contributed by atoms with E-state index in [9.17, 15) is 0 Å². The molecule has 3 heteroatoms. The number of benzene rings is 3. The van der Waals surface area contributed by atoms with Crippen LogP contribution in [0.2, 0.25) is 0 Å². The molecule has 1 saturated heterocycles. The summed E-state index contributed by atoms with van der Waals surface area (Å²) in [6.07, 6.45) is 5.44. The van der Waals surface area contributed by atoms with Crippen LogP contribution in [0.5, 0.6) is 0 Å². The first-order valence-corrected chi connectivity index (χ1v) is 16.1. The van der Waals surface area contributed by atoms with Gasteiger partial charge in [0.05, 0.1) is 0 Å². The fourth-order valence-electron chi connectivity index (χ4n) is 8.26. The number of aromatic nitrogens is 1. The molecule has 231 valence electrons. The van der Waals surface area contributed by atoms with Gasteiger partial charge >= 0.3 is 0 Å². The Kier molecular flexibility index (Phi) is 10.1. The average Bonchev–Trinajstić information content (AvgIpc) is 3.42. The topological polar surface area (TPSA) is 17.3 Å². The van der Waals surface area contributed by atoms with Crippen molar-refractivity contribution in [1.82, 2.24) is 4.98 Å². The van der Waals surface area contributed by atoms with E-state index >= 15 is 0 Å². The first kappa shape index (κ1) is 32.9. The van der Waals surface area contributed by atoms with Gasteiger partial charge in [0.2, 0.25) is 0 Å². The summed E-state index contributed by atoms with van der Waals surface area (Å²) in [6, 6.07) is 23.5. The maximum atomic E-state index is 4.52. The van der Waals surface area contributed by atoms with Gasteiger partial charge < -0.3 is 9.88 Å². The molecule has 2 aliphatic rings. The maximum absolute atomic E-state index is 4.52. The second kappa shape index (κ2) is 12.9. The molecule has 1 spiro atoms. The summed E-state index contributed by atoms with van der Waals surface area (Å²) in [5, 5.41) is 2.50. The third kappa shape index (κ3) is 6.28. The van der Waals surface area contributed by atoms with Crippen molar-refractivity contribution in [2.45, 2.75) is 105 Å². The number of nitrogens with zero attached hydrogens (tertiary/aromatic N) is 2. The molecule has 1 saturated carbocycles. The minimum absolute atomic E-state index is 0. The predicted octanol–water partition coefficient (Wildman–Crippen LogP) is 11.1. The number of hydrogen-bond donors (Lipinski definition) is 0. The van der Waals surface area contributed by atoms with E-state index in [0.717, 1.165) is 28.8 Å². The maximum Gasteiger partial charge on any atom is 0.0145 e. The molecule has 6 rings (SSSR count). The third-order valence-electron chi connectivity index (χ3n) is 9.96. The van der Waals surface area contributed by atoms with Gasteiger partial charge in [-0.25, -0.2) is 6.54 Å². The van der Waals surface area contributed by atoms with Crippen molar-refractivity contribution in [2.75, 3.05) is 4.90 Å². The monoisotopic (exact) mass is 655 g/mol. The molecule has 1 radical (unpaired) electrons. The molecule has 42 heavy (non-hydrogen) atoms. The van der Waals surface area contributed by atoms with Crippen LogP contribution in [0, 0.1) is 29.7 Å². The quantitative estimate of drug-likeness (QED) is 0.161. The van der Waals surface area contributed by atoms with E-state index < -0.39 is 0 Å². The Hall–Kier alpha value is -2.00. The third-order valence-corrected chi connectivity index (χ3v) is 9.96. The molecule has 3 atom stereocenters. The Bertz CT molecular complexity index is 1400. The Morgan fingerprint density at radius 3 is 1.79 bits per heavy atom. The van der Waals surface area contributed by atoms with E-state index in [0.29, 0.717) is 17.3 Å². The van der Waals surface area contributed by atoms with Gasteiger partial charge in [-0.2, -0.15) is 0 Å². The molecule has 3 unspecified atom stereocenters. The average molecular weight is 657 g/mol. The van der Waals surface area contributed by atoms with E-state index in [4.69, 9.17) is 0 Å². The van der Waals surface area contributed by atoms with Crippen LogP contribution in [-0.2, 0) is 22.4 Å². The number of fused-ring (bicyclic) bond motifs is 3. The molecular weight excluding hydrogens is 604 g/mol. The van der Waals surface area contributed by atoms with Gasteiger partial charge in [0.1, 0.15) is 0 Å². The smallest absolute Gasteiger partial charge is 0.0145 e. The first-order chi connectivity index (χ1) is 19.4. The molecule has 2 nitrogen and oxygen atoms in total. The molecule has 1 aromatic heterocycles. The molecule has 0 bridgehead atoms. The number of hydrogen-bond acceptors (Lipinski definition) is 1. The van der Waals surface area contributed by atoms with E-state index in [2.05, 4.69) is 133 Å². The van der Waals surface area contributed by atoms with Crippen LogP contribution in [0.4, 0.5) is 5.69 Å². The fraction of sp³-hybridized carbons (Fsp3) is 0.513. The van der Waals surface area contributed by atoms with Crippen molar-refractivity contribution < 1.29 is 22.4 Å². The van der Waals surface area contributed by atoms with E-state index in [1.807, 2.05) is 12.1 Å². The van der Waals surface area contributed by atoms with Gasteiger partial charge in [-0.05, 0) is 59.4 Å². The summed E-state index contributed by atoms with van der Waals surface area (Å²) in [6.45, 7) is 24.5. The van der Waals surface area contributed by atoms with Crippen molar-refractivity contribution in [3.05, 3.63) is 84.4 Å². The van der Waals surface area contributed by atoms with Crippen LogP contribution < -0.4 is 9.88 Å². The normalized spacial score (nSPS) is 23.6. The Morgan fingerprint density at radius 2 is 1.29 bits per heavy atom. The predicted molar refractivity (Wildman–Crippen MR) is 179 cm³/mol. The van der Waals surface area contributed by atoms with Crippen molar-refractivity contribution >= 4 is 27.5 Å². The van der Waals surface area contributed by atoms with Crippen LogP contribution in [-0.4, -0.2) is 5.54 Å². The van der Waals surface area contributed by atoms with Gasteiger partial charge in [0, 0.05) is 33.6 Å². The van der Waals surface area contributed by atoms with E-state index in [1.165, 1.54) is 53.3 Å². The van der Waals surface area contributed by atoms with Gasteiger partial charge in [-0.3, -0.25) is 0 Å². The van der Waals surface area contributed by atoms with Crippen LogP contribution in [0.3, 0.4) is 0 Å². The standard InChI is InChI=1S/C27H44N.C12H8N.Ag/c1-18(2)22-11-10-12-23(19(3)4)25(22)28-17-27(16-26(28,8)9)15-21(7)13-14-24(27)20(5)6;1-3-7-11-9(5-1)10-6-2-4-8-12(10)13-11;/h10-12,17-21,24H,13-16H2,1-9H3;1-8H;/q2*-1;. The summed E-state index contributed by atoms with van der Waals surface area (Å²) in [5.41, 5.74) is 7.23. The van der Waals surface area contributed by atoms with Gasteiger partial charge in [-0.15, -0.1) is 16.4 Å². The molecule has 0 N–H and O–H groups in total. The molecule has 0 amide bonds. The summed E-state index contributed by atoms with van der Waals surface area (Å²) in [7, 11) is 0. The molecule has 2 heterocycles. The number of anilines is 1. The van der Waals surface area contributed by atoms with E-state index in [-0.39, 0.29) is 27.9 Å². The van der Waals surface area contributed by atoms with Crippen LogP contribution in [0.25, 0.3) is 21.8 Å². The largest absolute Gasteiger partial charge is 0.657 e. The first-order valence-electron chi connectivity index (χ1n) is 16.1. The van der Waals surface area contributed by atoms with Crippen LogP contribution >= 0.6 is 0 Å². The second-order valence-electron chi connectivity index (χ2n) is 14.7. The summed E-state index contributed by atoms with van der Waals surface area (Å²) in [5.74, 6) is 3.49. The zero-order valence-electron chi connectivity index (χ0n) is 27.3. The molecule has 2 fully saturated rings. The fourth-order valence-corrected chi connectivity index (χ4v) is 8.26. The molecule has 3 aromatic carbocycles. The zero-order valence-corrected chi connectivity index (χ0v) is 28.8.